The van der Waals surface area contributed by atoms with Crippen molar-refractivity contribution in [3.8, 4) is 5.75 Å². The average Bonchev–Trinajstić information content (AvgIpc) is 2.11. The third-order valence-corrected chi connectivity index (χ3v) is 1.90. The second-order valence-electron chi connectivity index (χ2n) is 3.07. The summed E-state index contributed by atoms with van der Waals surface area (Å²) in [5.74, 6) is -0.987. The van der Waals surface area contributed by atoms with Crippen molar-refractivity contribution in [2.75, 3.05) is 13.6 Å². The molecule has 1 aromatic rings. The maximum absolute atomic E-state index is 12.9. The molecule has 0 fully saturated rings. The number of carbonyl (C=O) groups is 1. The van der Waals surface area contributed by atoms with E-state index in [-0.39, 0.29) is 23.6 Å². The molecule has 0 amide bonds. The first-order valence-electron chi connectivity index (χ1n) is 4.23. The Morgan fingerprint density at radius 1 is 1.57 bits per heavy atom. The lowest BCUT2D eigenvalue weighted by Gasteiger charge is -2.06. The van der Waals surface area contributed by atoms with Gasteiger partial charge in [0, 0.05) is 0 Å². The molecule has 4 heteroatoms. The van der Waals surface area contributed by atoms with Crippen molar-refractivity contribution in [1.82, 2.24) is 5.32 Å². The minimum Gasteiger partial charge on any atom is -0.507 e. The van der Waals surface area contributed by atoms with Crippen LogP contribution in [0.5, 0.6) is 5.75 Å². The van der Waals surface area contributed by atoms with Gasteiger partial charge in [0.2, 0.25) is 0 Å². The van der Waals surface area contributed by atoms with Gasteiger partial charge >= 0.3 is 0 Å². The minimum absolute atomic E-state index is 0.0249. The molecule has 0 aliphatic carbocycles. The third-order valence-electron chi connectivity index (χ3n) is 1.90. The van der Waals surface area contributed by atoms with Crippen molar-refractivity contribution >= 4 is 5.78 Å². The molecule has 2 N–H and O–H groups in total. The van der Waals surface area contributed by atoms with Crippen LogP contribution in [-0.2, 0) is 0 Å². The number of aryl methyl sites for hydroxylation is 1. The number of hydrogen-bond donors (Lipinski definition) is 2. The Bertz CT molecular complexity index is 363. The minimum atomic E-state index is -0.514. The van der Waals surface area contributed by atoms with Crippen molar-refractivity contribution in [3.63, 3.8) is 0 Å². The van der Waals surface area contributed by atoms with Crippen molar-refractivity contribution in [3.05, 3.63) is 29.1 Å². The molecule has 0 heterocycles. The highest BCUT2D eigenvalue weighted by Crippen LogP contribution is 2.23. The molecule has 14 heavy (non-hydrogen) atoms. The zero-order chi connectivity index (χ0) is 10.7. The van der Waals surface area contributed by atoms with Gasteiger partial charge in [0.05, 0.1) is 12.1 Å². The smallest absolute Gasteiger partial charge is 0.180 e. The summed E-state index contributed by atoms with van der Waals surface area (Å²) in [6.07, 6.45) is 0. The Hall–Kier alpha value is -1.42. The fourth-order valence-corrected chi connectivity index (χ4v) is 1.20. The predicted molar refractivity (Wildman–Crippen MR) is 51.1 cm³/mol. The molecule has 3 nitrogen and oxygen atoms in total. The highest BCUT2D eigenvalue weighted by molar-refractivity contribution is 6.00. The highest BCUT2D eigenvalue weighted by Gasteiger charge is 2.13. The molecular formula is C10H12FNO2. The number of phenolic OH excluding ortho intramolecular Hbond substituents is 1. The number of phenols is 1. The summed E-state index contributed by atoms with van der Waals surface area (Å²) in [6.45, 7) is 1.63. The van der Waals surface area contributed by atoms with E-state index in [0.717, 1.165) is 6.07 Å². The lowest BCUT2D eigenvalue weighted by molar-refractivity contribution is 0.0990. The summed E-state index contributed by atoms with van der Waals surface area (Å²) in [5, 5.41) is 12.2. The van der Waals surface area contributed by atoms with E-state index in [4.69, 9.17) is 0 Å². The number of ketones is 1. The van der Waals surface area contributed by atoms with Crippen LogP contribution in [0.3, 0.4) is 0 Å². The number of Topliss-reactive ketones (excluding diaryl/α,β-unsaturated/α-hetero) is 1. The van der Waals surface area contributed by atoms with Crippen LogP contribution in [0.4, 0.5) is 4.39 Å². The van der Waals surface area contributed by atoms with Gasteiger partial charge in [0.15, 0.2) is 5.78 Å². The number of benzene rings is 1. The molecule has 0 saturated carbocycles. The molecule has 0 aromatic heterocycles. The van der Waals surface area contributed by atoms with Crippen LogP contribution >= 0.6 is 0 Å². The Morgan fingerprint density at radius 2 is 2.21 bits per heavy atom. The molecule has 0 aliphatic heterocycles. The monoisotopic (exact) mass is 197 g/mol. The van der Waals surface area contributed by atoms with Crippen molar-refractivity contribution < 1.29 is 14.3 Å². The lowest BCUT2D eigenvalue weighted by Crippen LogP contribution is -2.18. The van der Waals surface area contributed by atoms with Crippen molar-refractivity contribution in [2.45, 2.75) is 6.92 Å². The highest BCUT2D eigenvalue weighted by atomic mass is 19.1. The van der Waals surface area contributed by atoms with E-state index >= 15 is 0 Å². The molecule has 1 rings (SSSR count). The van der Waals surface area contributed by atoms with E-state index in [0.29, 0.717) is 5.56 Å². The third kappa shape index (κ3) is 2.09. The zero-order valence-corrected chi connectivity index (χ0v) is 8.10. The van der Waals surface area contributed by atoms with E-state index in [1.807, 2.05) is 0 Å². The molecule has 76 valence electrons. The lowest BCUT2D eigenvalue weighted by atomic mass is 10.1. The van der Waals surface area contributed by atoms with Crippen LogP contribution in [0, 0.1) is 12.7 Å². The van der Waals surface area contributed by atoms with E-state index in [2.05, 4.69) is 5.32 Å². The number of halogens is 1. The van der Waals surface area contributed by atoms with E-state index in [9.17, 15) is 14.3 Å². The van der Waals surface area contributed by atoms with Gasteiger partial charge in [-0.05, 0) is 31.7 Å². The molecule has 0 unspecified atom stereocenters. The number of aromatic hydroxyl groups is 1. The van der Waals surface area contributed by atoms with Gasteiger partial charge in [-0.1, -0.05) is 0 Å². The van der Waals surface area contributed by atoms with Crippen molar-refractivity contribution in [1.29, 1.82) is 0 Å². The molecule has 0 radical (unpaired) electrons. The van der Waals surface area contributed by atoms with Crippen LogP contribution in [0.25, 0.3) is 0 Å². The summed E-state index contributed by atoms with van der Waals surface area (Å²) in [7, 11) is 1.61. The number of rotatable bonds is 3. The number of likely N-dealkylation sites (N-methyl/N-ethyl adjacent to an activating group) is 1. The molecule has 0 aliphatic rings. The quantitative estimate of drug-likeness (QED) is 0.717. The van der Waals surface area contributed by atoms with Crippen LogP contribution in [0.2, 0.25) is 0 Å². The summed E-state index contributed by atoms with van der Waals surface area (Å²) in [4.78, 5) is 11.4. The molecule has 0 saturated heterocycles. The van der Waals surface area contributed by atoms with Gasteiger partial charge in [-0.15, -0.1) is 0 Å². The van der Waals surface area contributed by atoms with Crippen LogP contribution in [-0.4, -0.2) is 24.5 Å². The Labute approximate surface area is 81.6 Å². The molecule has 0 atom stereocenters. The van der Waals surface area contributed by atoms with Gasteiger partial charge in [-0.2, -0.15) is 0 Å². The number of hydrogen-bond acceptors (Lipinski definition) is 3. The van der Waals surface area contributed by atoms with Crippen molar-refractivity contribution in [2.24, 2.45) is 0 Å². The topological polar surface area (TPSA) is 49.3 Å². The maximum Gasteiger partial charge on any atom is 0.180 e. The predicted octanol–water partition coefficient (Wildman–Crippen LogP) is 1.24. The molecule has 0 spiro atoms. The Kier molecular flexibility index (Phi) is 3.19. The normalized spacial score (nSPS) is 10.2. The van der Waals surface area contributed by atoms with Gasteiger partial charge in [-0.3, -0.25) is 4.79 Å². The van der Waals surface area contributed by atoms with Crippen LogP contribution < -0.4 is 5.32 Å². The summed E-state index contributed by atoms with van der Waals surface area (Å²) in [6, 6.07) is 2.23. The van der Waals surface area contributed by atoms with E-state index in [1.165, 1.54) is 6.07 Å². The summed E-state index contributed by atoms with van der Waals surface area (Å²) >= 11 is 0. The van der Waals surface area contributed by atoms with Crippen LogP contribution in [0.1, 0.15) is 15.9 Å². The van der Waals surface area contributed by atoms with E-state index in [1.54, 1.807) is 14.0 Å². The average molecular weight is 197 g/mol. The second-order valence-corrected chi connectivity index (χ2v) is 3.07. The van der Waals surface area contributed by atoms with Gasteiger partial charge in [-0.25, -0.2) is 4.39 Å². The Balaban J connectivity index is 3.13. The first-order chi connectivity index (χ1) is 6.56. The van der Waals surface area contributed by atoms with E-state index < -0.39 is 5.82 Å². The summed E-state index contributed by atoms with van der Waals surface area (Å²) in [5.41, 5.74) is 0.390. The maximum atomic E-state index is 12.9. The molecular weight excluding hydrogens is 185 g/mol. The second kappa shape index (κ2) is 4.19. The standard InChI is InChI=1S/C10H12FNO2/c1-6-3-7(11)4-8(10(6)14)9(13)5-12-2/h3-4,12,14H,5H2,1-2H3. The Morgan fingerprint density at radius 3 is 2.79 bits per heavy atom. The zero-order valence-electron chi connectivity index (χ0n) is 8.10. The fourth-order valence-electron chi connectivity index (χ4n) is 1.20. The number of carbonyl (C=O) groups excluding carboxylic acids is 1. The molecule has 1 aromatic carbocycles. The van der Waals surface area contributed by atoms with Gasteiger partial charge in [0.1, 0.15) is 11.6 Å². The summed E-state index contributed by atoms with van der Waals surface area (Å²) < 4.78 is 12.9. The fraction of sp³-hybridized carbons (Fsp3) is 0.300. The van der Waals surface area contributed by atoms with Crippen LogP contribution in [0.15, 0.2) is 12.1 Å². The largest absolute Gasteiger partial charge is 0.507 e. The van der Waals surface area contributed by atoms with Gasteiger partial charge < -0.3 is 10.4 Å². The first kappa shape index (κ1) is 10.7. The molecule has 0 bridgehead atoms. The number of nitrogens with one attached hydrogen (secondary N) is 1. The first-order valence-corrected chi connectivity index (χ1v) is 4.23. The van der Waals surface area contributed by atoms with Gasteiger partial charge in [0.25, 0.3) is 0 Å². The SMILES string of the molecule is CNCC(=O)c1cc(F)cc(C)c1O.